The summed E-state index contributed by atoms with van der Waals surface area (Å²) in [6.07, 6.45) is 6.00. The van der Waals surface area contributed by atoms with Crippen LogP contribution in [0.3, 0.4) is 0 Å². The van der Waals surface area contributed by atoms with Crippen LogP contribution in [-0.4, -0.2) is 56.4 Å². The Kier molecular flexibility index (Phi) is 4.52. The number of hydrogen-bond acceptors (Lipinski definition) is 5. The second-order valence-corrected chi connectivity index (χ2v) is 5.59. The first kappa shape index (κ1) is 15.4. The molecule has 1 aliphatic heterocycles. The molecule has 0 saturated carbocycles. The zero-order chi connectivity index (χ0) is 16.2. The van der Waals surface area contributed by atoms with Crippen LogP contribution in [0.25, 0.3) is 0 Å². The first-order valence-electron chi connectivity index (χ1n) is 7.55. The Bertz CT molecular complexity index is 738. The molecule has 8 nitrogen and oxygen atoms in total. The van der Waals surface area contributed by atoms with Gasteiger partial charge in [-0.15, -0.1) is 0 Å². The number of ether oxygens (including phenoxy) is 1. The van der Waals surface area contributed by atoms with Gasteiger partial charge in [0.15, 0.2) is 0 Å². The smallest absolute Gasteiger partial charge is 0.257 e. The molecule has 1 aliphatic rings. The van der Waals surface area contributed by atoms with Gasteiger partial charge in [-0.2, -0.15) is 5.10 Å². The summed E-state index contributed by atoms with van der Waals surface area (Å²) in [4.78, 5) is 32.1. The Hall–Kier alpha value is -2.48. The molecule has 0 aromatic carbocycles. The van der Waals surface area contributed by atoms with E-state index in [0.29, 0.717) is 38.1 Å². The number of nitrogens with one attached hydrogen (secondary N) is 1. The summed E-state index contributed by atoms with van der Waals surface area (Å²) >= 11 is 0. The van der Waals surface area contributed by atoms with Crippen LogP contribution in [0, 0.1) is 0 Å². The summed E-state index contributed by atoms with van der Waals surface area (Å²) in [5, 5.41) is 4.03. The van der Waals surface area contributed by atoms with Gasteiger partial charge in [-0.05, 0) is 12.8 Å². The Balaban J connectivity index is 1.57. The third kappa shape index (κ3) is 3.84. The van der Waals surface area contributed by atoms with Crippen molar-refractivity contribution in [2.75, 3.05) is 19.7 Å². The Labute approximate surface area is 133 Å². The van der Waals surface area contributed by atoms with Gasteiger partial charge in [-0.3, -0.25) is 14.3 Å². The van der Waals surface area contributed by atoms with Crippen LogP contribution in [0.1, 0.15) is 22.5 Å². The normalized spacial score (nSPS) is 18.1. The second kappa shape index (κ2) is 6.74. The number of amides is 1. The third-order valence-corrected chi connectivity index (χ3v) is 3.84. The summed E-state index contributed by atoms with van der Waals surface area (Å²) in [6, 6.07) is 1.49. The van der Waals surface area contributed by atoms with Crippen molar-refractivity contribution in [3.63, 3.8) is 0 Å². The van der Waals surface area contributed by atoms with Gasteiger partial charge in [0.05, 0.1) is 30.8 Å². The van der Waals surface area contributed by atoms with Gasteiger partial charge in [0.2, 0.25) is 0 Å². The Morgan fingerprint density at radius 3 is 3.13 bits per heavy atom. The van der Waals surface area contributed by atoms with Crippen molar-refractivity contribution < 1.29 is 9.53 Å². The lowest BCUT2D eigenvalue weighted by molar-refractivity contribution is -0.0247. The lowest BCUT2D eigenvalue weighted by atomic mass is 10.1. The molecule has 2 aromatic rings. The number of nitrogens with zero attached hydrogens (tertiary/aromatic N) is 4. The molecule has 1 fully saturated rings. The van der Waals surface area contributed by atoms with Crippen LogP contribution in [0.2, 0.25) is 0 Å². The number of hydrogen-bond donors (Lipinski definition) is 1. The van der Waals surface area contributed by atoms with Crippen molar-refractivity contribution in [1.29, 1.82) is 0 Å². The standard InChI is InChI=1S/C15H19N5O3/c1-19-8-11(7-18-19)15(22)20-4-5-23-13(9-20)3-2-12-6-14(21)17-10-16-12/h6-8,10,13H,2-5,9H2,1H3,(H,16,17,21)/t13-/m0/s1. The van der Waals surface area contributed by atoms with Crippen molar-refractivity contribution in [2.45, 2.75) is 18.9 Å². The van der Waals surface area contributed by atoms with Crippen LogP contribution in [0.5, 0.6) is 0 Å². The van der Waals surface area contributed by atoms with Gasteiger partial charge < -0.3 is 14.6 Å². The van der Waals surface area contributed by atoms with E-state index in [9.17, 15) is 9.59 Å². The van der Waals surface area contributed by atoms with E-state index in [4.69, 9.17) is 4.74 Å². The summed E-state index contributed by atoms with van der Waals surface area (Å²) in [5.41, 5.74) is 1.16. The zero-order valence-electron chi connectivity index (χ0n) is 12.9. The second-order valence-electron chi connectivity index (χ2n) is 5.59. The lowest BCUT2D eigenvalue weighted by Crippen LogP contribution is -2.45. The van der Waals surface area contributed by atoms with Crippen molar-refractivity contribution in [1.82, 2.24) is 24.6 Å². The quantitative estimate of drug-likeness (QED) is 0.855. The molecule has 1 N–H and O–H groups in total. The maximum absolute atomic E-state index is 12.4. The largest absolute Gasteiger partial charge is 0.375 e. The highest BCUT2D eigenvalue weighted by atomic mass is 16.5. The fraction of sp³-hybridized carbons (Fsp3) is 0.467. The molecule has 1 saturated heterocycles. The van der Waals surface area contributed by atoms with Gasteiger partial charge in [0.1, 0.15) is 0 Å². The number of aromatic nitrogens is 4. The fourth-order valence-electron chi connectivity index (χ4n) is 2.65. The molecule has 1 atom stereocenters. The molecule has 3 heterocycles. The minimum Gasteiger partial charge on any atom is -0.375 e. The number of carbonyl (C=O) groups is 1. The number of morpholine rings is 1. The van der Waals surface area contributed by atoms with Gasteiger partial charge in [0, 0.05) is 38.1 Å². The van der Waals surface area contributed by atoms with E-state index >= 15 is 0 Å². The van der Waals surface area contributed by atoms with E-state index in [1.54, 1.807) is 29.0 Å². The van der Waals surface area contributed by atoms with Crippen LogP contribution < -0.4 is 5.56 Å². The molecule has 2 aromatic heterocycles. The highest BCUT2D eigenvalue weighted by Gasteiger charge is 2.25. The maximum Gasteiger partial charge on any atom is 0.257 e. The van der Waals surface area contributed by atoms with Gasteiger partial charge >= 0.3 is 0 Å². The predicted octanol–water partition coefficient (Wildman–Crippen LogP) is -0.0228. The zero-order valence-corrected chi connectivity index (χ0v) is 12.9. The SMILES string of the molecule is Cn1cc(C(=O)N2CCO[C@@H](CCc3cc(=O)[nH]cn3)C2)cn1. The number of H-pyrrole nitrogens is 1. The monoisotopic (exact) mass is 317 g/mol. The van der Waals surface area contributed by atoms with Gasteiger partial charge in [0.25, 0.3) is 11.5 Å². The van der Waals surface area contributed by atoms with E-state index in [2.05, 4.69) is 15.1 Å². The highest BCUT2D eigenvalue weighted by Crippen LogP contribution is 2.14. The number of aromatic amines is 1. The van der Waals surface area contributed by atoms with Crippen molar-refractivity contribution in [3.05, 3.63) is 46.4 Å². The molecule has 122 valence electrons. The van der Waals surface area contributed by atoms with E-state index in [-0.39, 0.29) is 17.6 Å². The minimum absolute atomic E-state index is 0.0271. The van der Waals surface area contributed by atoms with Crippen molar-refractivity contribution in [3.8, 4) is 0 Å². The van der Waals surface area contributed by atoms with Crippen LogP contribution >= 0.6 is 0 Å². The highest BCUT2D eigenvalue weighted by molar-refractivity contribution is 5.93. The molecule has 0 spiro atoms. The molecular weight excluding hydrogens is 298 g/mol. The number of rotatable bonds is 4. The molecular formula is C15H19N5O3. The topological polar surface area (TPSA) is 93.1 Å². The maximum atomic E-state index is 12.4. The average molecular weight is 317 g/mol. The predicted molar refractivity (Wildman–Crippen MR) is 82.0 cm³/mol. The van der Waals surface area contributed by atoms with Crippen LogP contribution in [-0.2, 0) is 18.2 Å². The lowest BCUT2D eigenvalue weighted by Gasteiger charge is -2.32. The third-order valence-electron chi connectivity index (χ3n) is 3.84. The van der Waals surface area contributed by atoms with E-state index in [1.807, 2.05) is 0 Å². The van der Waals surface area contributed by atoms with Crippen molar-refractivity contribution in [2.24, 2.45) is 7.05 Å². The van der Waals surface area contributed by atoms with E-state index in [0.717, 1.165) is 5.69 Å². The summed E-state index contributed by atoms with van der Waals surface area (Å²) in [7, 11) is 1.79. The Morgan fingerprint density at radius 2 is 2.39 bits per heavy atom. The molecule has 0 unspecified atom stereocenters. The Morgan fingerprint density at radius 1 is 1.52 bits per heavy atom. The van der Waals surface area contributed by atoms with Crippen LogP contribution in [0.4, 0.5) is 0 Å². The van der Waals surface area contributed by atoms with Crippen molar-refractivity contribution >= 4 is 5.91 Å². The molecule has 3 rings (SSSR count). The molecule has 23 heavy (non-hydrogen) atoms. The number of carbonyl (C=O) groups excluding carboxylic acids is 1. The minimum atomic E-state index is -0.159. The van der Waals surface area contributed by atoms with Crippen LogP contribution in [0.15, 0.2) is 29.6 Å². The van der Waals surface area contributed by atoms with Gasteiger partial charge in [-0.25, -0.2) is 4.98 Å². The summed E-state index contributed by atoms with van der Waals surface area (Å²) in [6.45, 7) is 1.63. The fourth-order valence-corrected chi connectivity index (χ4v) is 2.65. The first-order chi connectivity index (χ1) is 11.1. The molecule has 0 radical (unpaired) electrons. The molecule has 0 bridgehead atoms. The van der Waals surface area contributed by atoms with Gasteiger partial charge in [-0.1, -0.05) is 0 Å². The summed E-state index contributed by atoms with van der Waals surface area (Å²) in [5.74, 6) is -0.0271. The van der Waals surface area contributed by atoms with E-state index in [1.165, 1.54) is 12.4 Å². The molecule has 8 heteroatoms. The number of aryl methyl sites for hydroxylation is 2. The average Bonchev–Trinajstić information content (AvgIpc) is 2.99. The first-order valence-corrected chi connectivity index (χ1v) is 7.55. The summed E-state index contributed by atoms with van der Waals surface area (Å²) < 4.78 is 7.34. The molecule has 0 aliphatic carbocycles. The molecule has 1 amide bonds. The van der Waals surface area contributed by atoms with E-state index < -0.39 is 0 Å².